The molecule has 0 amide bonds. The fourth-order valence-corrected chi connectivity index (χ4v) is 14.3. The molecule has 1 aliphatic rings. The van der Waals surface area contributed by atoms with Crippen molar-refractivity contribution in [3.63, 3.8) is 0 Å². The van der Waals surface area contributed by atoms with Crippen LogP contribution in [0.4, 0.5) is 0 Å². The lowest BCUT2D eigenvalue weighted by molar-refractivity contribution is 1.18. The van der Waals surface area contributed by atoms with E-state index in [0.717, 1.165) is 0 Å². The summed E-state index contributed by atoms with van der Waals surface area (Å²) in [6.45, 7) is 0. The zero-order valence-electron chi connectivity index (χ0n) is 38.3. The van der Waals surface area contributed by atoms with Crippen LogP contribution in [0.1, 0.15) is 0 Å². The van der Waals surface area contributed by atoms with Crippen molar-refractivity contribution in [1.29, 1.82) is 0 Å². The van der Waals surface area contributed by atoms with E-state index >= 15 is 0 Å². The van der Waals surface area contributed by atoms with Crippen LogP contribution in [-0.2, 0) is 0 Å². The highest BCUT2D eigenvalue weighted by Crippen LogP contribution is 2.57. The molecule has 18 rings (SSSR count). The number of nitrogens with zero attached hydrogens (tertiary/aromatic N) is 1. The minimum Gasteiger partial charge on any atom is -0.309 e. The van der Waals surface area contributed by atoms with Gasteiger partial charge >= 0.3 is 0 Å². The van der Waals surface area contributed by atoms with E-state index in [4.69, 9.17) is 0 Å². The van der Waals surface area contributed by atoms with Crippen molar-refractivity contribution in [3.8, 4) is 50.2 Å². The highest BCUT2D eigenvalue weighted by molar-refractivity contribution is 6.51. The summed E-state index contributed by atoms with van der Waals surface area (Å²) in [4.78, 5) is 0. The Balaban J connectivity index is 0.936. The summed E-state index contributed by atoms with van der Waals surface area (Å²) in [5, 5.41) is 29.4. The first-order chi connectivity index (χ1) is 35.3. The van der Waals surface area contributed by atoms with Gasteiger partial charge in [0.05, 0.1) is 11.0 Å². The molecule has 0 spiro atoms. The van der Waals surface area contributed by atoms with Gasteiger partial charge in [0.2, 0.25) is 0 Å². The summed E-state index contributed by atoms with van der Waals surface area (Å²) in [6, 6.07) is 85.1. The van der Waals surface area contributed by atoms with Crippen molar-refractivity contribution in [3.05, 3.63) is 224 Å². The number of rotatable bonds is 3. The van der Waals surface area contributed by atoms with Crippen molar-refractivity contribution in [1.82, 2.24) is 4.57 Å². The molecule has 1 nitrogen and oxygen atoms in total. The van der Waals surface area contributed by atoms with Crippen molar-refractivity contribution >= 4 is 130 Å². The lowest BCUT2D eigenvalue weighted by Gasteiger charge is -2.17. The largest absolute Gasteiger partial charge is 0.309 e. The Morgan fingerprint density at radius 1 is 0.197 bits per heavy atom. The SMILES string of the molecule is c1ccc(-c2ccccc2-c2c3ccccc3c3c4ccccc4c4c5c(cc2c34)c2ccc3c4ccc6c7c(ccc(c8ccc5c2c38)c74)-c2cc(-n3c4ccccc4c4ccccc43)ccc2-6)cc1. The first-order valence-electron chi connectivity index (χ1n) is 24.9. The lowest BCUT2D eigenvalue weighted by Crippen LogP contribution is -1.94. The van der Waals surface area contributed by atoms with Gasteiger partial charge in [-0.05, 0) is 183 Å². The maximum atomic E-state index is 2.58. The van der Waals surface area contributed by atoms with Gasteiger partial charge in [0.15, 0.2) is 0 Å². The fraction of sp³-hybridized carbons (Fsp3) is 0. The molecular formula is C70H37N. The van der Waals surface area contributed by atoms with Gasteiger partial charge in [0.1, 0.15) is 0 Å². The molecule has 0 bridgehead atoms. The number of para-hydroxylation sites is 2. The standard InChI is InChI=1S/C70H37N/c1-2-14-38(15-3-1)40-16-4-5-19-44(40)62-45-20-6-7-21-46(45)66-47-22-8-9-23-48(47)69-68-56-35-34-53-51-30-32-54-57-36-39(71-60-24-12-10-17-42(60)43-18-11-13-25-61(43)71)26-27-41(57)49-28-29-50(64(51)63(49)54)52-31-33-55(67(56)65(52)53)58(68)37-59(62)70(66)69/h1-37H. The molecule has 0 unspecified atom stereocenters. The van der Waals surface area contributed by atoms with Gasteiger partial charge in [0, 0.05) is 16.5 Å². The minimum atomic E-state index is 1.19. The Morgan fingerprint density at radius 3 is 1.31 bits per heavy atom. The molecular weight excluding hydrogens is 855 g/mol. The molecule has 0 saturated heterocycles. The Kier molecular flexibility index (Phi) is 6.65. The average molecular weight is 892 g/mol. The van der Waals surface area contributed by atoms with Gasteiger partial charge < -0.3 is 4.57 Å². The van der Waals surface area contributed by atoms with E-state index in [9.17, 15) is 0 Å². The van der Waals surface area contributed by atoms with Crippen LogP contribution in [0, 0.1) is 0 Å². The monoisotopic (exact) mass is 891 g/mol. The average Bonchev–Trinajstić information content (AvgIpc) is 4.16. The third-order valence-electron chi connectivity index (χ3n) is 16.9. The van der Waals surface area contributed by atoms with Gasteiger partial charge in [-0.1, -0.05) is 194 Å². The highest BCUT2D eigenvalue weighted by atomic mass is 15.0. The lowest BCUT2D eigenvalue weighted by atomic mass is 9.85. The smallest absolute Gasteiger partial charge is 0.0541 e. The van der Waals surface area contributed by atoms with Gasteiger partial charge in [0.25, 0.3) is 0 Å². The van der Waals surface area contributed by atoms with Gasteiger partial charge in [-0.2, -0.15) is 0 Å². The number of hydrogen-bond acceptors (Lipinski definition) is 0. The second kappa shape index (κ2) is 12.9. The molecule has 0 radical (unpaired) electrons. The Hall–Kier alpha value is -9.30. The quantitative estimate of drug-likeness (QED) is 0.123. The van der Waals surface area contributed by atoms with Crippen LogP contribution >= 0.6 is 0 Å². The van der Waals surface area contributed by atoms with Crippen LogP contribution in [-0.4, -0.2) is 4.57 Å². The summed E-state index contributed by atoms with van der Waals surface area (Å²) in [6.07, 6.45) is 0. The first-order valence-corrected chi connectivity index (χ1v) is 24.9. The van der Waals surface area contributed by atoms with Gasteiger partial charge in [-0.3, -0.25) is 0 Å². The molecule has 17 aromatic rings. The third-order valence-corrected chi connectivity index (χ3v) is 16.9. The number of fused-ring (bicyclic) bond motifs is 17. The summed E-state index contributed by atoms with van der Waals surface area (Å²) < 4.78 is 2.45. The Morgan fingerprint density at radius 2 is 0.620 bits per heavy atom. The van der Waals surface area contributed by atoms with Crippen LogP contribution in [0.2, 0.25) is 0 Å². The van der Waals surface area contributed by atoms with E-state index < -0.39 is 0 Å². The number of hydrogen-bond donors (Lipinski definition) is 0. The molecule has 16 aromatic carbocycles. The second-order valence-corrected chi connectivity index (χ2v) is 20.1. The molecule has 0 fully saturated rings. The van der Waals surface area contributed by atoms with E-state index in [1.807, 2.05) is 0 Å². The van der Waals surface area contributed by atoms with E-state index in [0.29, 0.717) is 0 Å². The molecule has 0 saturated carbocycles. The molecule has 322 valence electrons. The van der Waals surface area contributed by atoms with E-state index in [-0.39, 0.29) is 0 Å². The topological polar surface area (TPSA) is 4.93 Å². The third kappa shape index (κ3) is 4.37. The van der Waals surface area contributed by atoms with Crippen molar-refractivity contribution in [2.75, 3.05) is 0 Å². The summed E-state index contributed by atoms with van der Waals surface area (Å²) >= 11 is 0. The normalized spacial score (nSPS) is 12.8. The molecule has 0 atom stereocenters. The number of aromatic nitrogens is 1. The predicted octanol–water partition coefficient (Wildman–Crippen LogP) is 19.6. The summed E-state index contributed by atoms with van der Waals surface area (Å²) in [5.74, 6) is 0. The zero-order valence-corrected chi connectivity index (χ0v) is 38.3. The second-order valence-electron chi connectivity index (χ2n) is 20.1. The minimum absolute atomic E-state index is 1.19. The molecule has 1 heteroatoms. The summed E-state index contributed by atoms with van der Waals surface area (Å²) in [5.41, 5.74) is 14.0. The van der Waals surface area contributed by atoms with E-state index in [1.165, 1.54) is 180 Å². The fourth-order valence-electron chi connectivity index (χ4n) is 14.3. The van der Waals surface area contributed by atoms with E-state index in [2.05, 4.69) is 229 Å². The van der Waals surface area contributed by atoms with Gasteiger partial charge in [-0.25, -0.2) is 0 Å². The highest BCUT2D eigenvalue weighted by Gasteiger charge is 2.29. The Labute approximate surface area is 406 Å². The Bertz CT molecular complexity index is 5130. The molecule has 1 heterocycles. The summed E-state index contributed by atoms with van der Waals surface area (Å²) in [7, 11) is 0. The van der Waals surface area contributed by atoms with Crippen LogP contribution in [0.15, 0.2) is 224 Å². The van der Waals surface area contributed by atoms with Crippen molar-refractivity contribution < 1.29 is 0 Å². The van der Waals surface area contributed by atoms with Crippen molar-refractivity contribution in [2.45, 2.75) is 0 Å². The zero-order chi connectivity index (χ0) is 45.8. The molecule has 71 heavy (non-hydrogen) atoms. The first kappa shape index (κ1) is 36.7. The van der Waals surface area contributed by atoms with Crippen LogP contribution in [0.25, 0.3) is 180 Å². The van der Waals surface area contributed by atoms with Crippen molar-refractivity contribution in [2.24, 2.45) is 0 Å². The molecule has 0 aliphatic heterocycles. The molecule has 1 aliphatic carbocycles. The predicted molar refractivity (Wildman–Crippen MR) is 305 cm³/mol. The van der Waals surface area contributed by atoms with E-state index in [1.54, 1.807) is 0 Å². The maximum Gasteiger partial charge on any atom is 0.0541 e. The van der Waals surface area contributed by atoms with Crippen LogP contribution in [0.5, 0.6) is 0 Å². The molecule has 0 N–H and O–H groups in total. The number of benzene rings is 14. The van der Waals surface area contributed by atoms with Gasteiger partial charge in [-0.15, -0.1) is 0 Å². The van der Waals surface area contributed by atoms with Crippen LogP contribution < -0.4 is 0 Å². The maximum absolute atomic E-state index is 2.58. The molecule has 1 aromatic heterocycles. The van der Waals surface area contributed by atoms with Crippen LogP contribution in [0.3, 0.4) is 0 Å².